The summed E-state index contributed by atoms with van der Waals surface area (Å²) in [7, 11) is 1.64. The number of anilines is 1. The van der Waals surface area contributed by atoms with Gasteiger partial charge in [0.2, 0.25) is 0 Å². The van der Waals surface area contributed by atoms with Gasteiger partial charge in [0.05, 0.1) is 5.69 Å². The van der Waals surface area contributed by atoms with Gasteiger partial charge in [-0.1, -0.05) is 11.3 Å². The Balaban J connectivity index is 2.11. The topological polar surface area (TPSA) is 88.8 Å². The van der Waals surface area contributed by atoms with Crippen LogP contribution in [-0.4, -0.2) is 53.7 Å². The third-order valence-electron chi connectivity index (χ3n) is 3.12. The highest BCUT2D eigenvalue weighted by Gasteiger charge is 2.32. The van der Waals surface area contributed by atoms with Gasteiger partial charge in [-0.15, -0.1) is 0 Å². The standard InChI is InChI=1S/C14H22N4O3S/c1-8-10(11(19)21-14(2,3)4)22-12(16-8)17(5)13(20)18-6-9(15)7-18/h9H,6-7,15H2,1-5H3. The Labute approximate surface area is 134 Å². The van der Waals surface area contributed by atoms with E-state index in [-0.39, 0.29) is 12.1 Å². The number of rotatable bonds is 2. The first-order valence-electron chi connectivity index (χ1n) is 7.07. The number of carbonyl (C=O) groups is 2. The Morgan fingerprint density at radius 1 is 1.41 bits per heavy atom. The van der Waals surface area contributed by atoms with E-state index in [0.717, 1.165) is 11.3 Å². The van der Waals surface area contributed by atoms with Crippen molar-refractivity contribution in [2.45, 2.75) is 39.3 Å². The lowest BCUT2D eigenvalue weighted by Crippen LogP contribution is -2.60. The van der Waals surface area contributed by atoms with Crippen LogP contribution in [0.25, 0.3) is 0 Å². The number of hydrogen-bond acceptors (Lipinski definition) is 6. The molecule has 2 N–H and O–H groups in total. The third-order valence-corrected chi connectivity index (χ3v) is 4.34. The van der Waals surface area contributed by atoms with E-state index < -0.39 is 11.6 Å². The van der Waals surface area contributed by atoms with E-state index in [0.29, 0.717) is 28.8 Å². The molecule has 1 aromatic rings. The number of likely N-dealkylation sites (tertiary alicyclic amines) is 1. The molecule has 0 atom stereocenters. The first-order valence-corrected chi connectivity index (χ1v) is 7.89. The summed E-state index contributed by atoms with van der Waals surface area (Å²) in [5, 5.41) is 0.476. The molecule has 0 aliphatic carbocycles. The number of aromatic nitrogens is 1. The minimum Gasteiger partial charge on any atom is -0.456 e. The SMILES string of the molecule is Cc1nc(N(C)C(=O)N2CC(N)C2)sc1C(=O)OC(C)(C)C. The molecule has 1 aliphatic rings. The third kappa shape index (κ3) is 3.56. The number of hydrogen-bond donors (Lipinski definition) is 1. The fourth-order valence-corrected chi connectivity index (χ4v) is 2.90. The van der Waals surface area contributed by atoms with Crippen LogP contribution in [0.2, 0.25) is 0 Å². The normalized spacial score (nSPS) is 15.5. The van der Waals surface area contributed by atoms with E-state index in [2.05, 4.69) is 4.98 Å². The minimum atomic E-state index is -0.566. The number of nitrogens with two attached hydrogens (primary N) is 1. The van der Waals surface area contributed by atoms with Crippen LogP contribution < -0.4 is 10.6 Å². The lowest BCUT2D eigenvalue weighted by atomic mass is 10.1. The smallest absolute Gasteiger partial charge is 0.350 e. The van der Waals surface area contributed by atoms with Crippen LogP contribution in [0.15, 0.2) is 0 Å². The molecule has 22 heavy (non-hydrogen) atoms. The number of thiazole rings is 1. The molecular formula is C14H22N4O3S. The molecule has 1 aromatic heterocycles. The quantitative estimate of drug-likeness (QED) is 0.834. The Bertz CT molecular complexity index is 587. The zero-order valence-electron chi connectivity index (χ0n) is 13.5. The molecule has 2 amide bonds. The van der Waals surface area contributed by atoms with Gasteiger partial charge in [0.15, 0.2) is 5.13 Å². The molecule has 0 aromatic carbocycles. The monoisotopic (exact) mass is 326 g/mol. The van der Waals surface area contributed by atoms with Gasteiger partial charge in [0, 0.05) is 26.2 Å². The summed E-state index contributed by atoms with van der Waals surface area (Å²) in [5.41, 5.74) is 5.68. The van der Waals surface area contributed by atoms with E-state index >= 15 is 0 Å². The molecule has 0 radical (unpaired) electrons. The van der Waals surface area contributed by atoms with Crippen LogP contribution >= 0.6 is 11.3 Å². The van der Waals surface area contributed by atoms with E-state index in [1.165, 1.54) is 4.90 Å². The van der Waals surface area contributed by atoms with Gasteiger partial charge >= 0.3 is 12.0 Å². The van der Waals surface area contributed by atoms with Crippen LogP contribution in [0, 0.1) is 6.92 Å². The highest BCUT2D eigenvalue weighted by Crippen LogP contribution is 2.28. The Kier molecular flexibility index (Phi) is 4.44. The Hall–Kier alpha value is -1.67. The summed E-state index contributed by atoms with van der Waals surface area (Å²) in [6.07, 6.45) is 0. The molecule has 0 saturated carbocycles. The number of esters is 1. The number of urea groups is 1. The van der Waals surface area contributed by atoms with Crippen molar-refractivity contribution in [3.05, 3.63) is 10.6 Å². The molecule has 1 fully saturated rings. The maximum atomic E-state index is 12.2. The van der Waals surface area contributed by atoms with Crippen LogP contribution in [-0.2, 0) is 4.74 Å². The molecule has 1 aliphatic heterocycles. The maximum absolute atomic E-state index is 12.2. The number of nitrogens with zero attached hydrogens (tertiary/aromatic N) is 3. The second kappa shape index (κ2) is 5.85. The van der Waals surface area contributed by atoms with Gasteiger partial charge in [-0.05, 0) is 27.7 Å². The molecule has 1 saturated heterocycles. The van der Waals surface area contributed by atoms with Gasteiger partial charge in [-0.25, -0.2) is 14.6 Å². The Morgan fingerprint density at radius 2 is 2.00 bits per heavy atom. The summed E-state index contributed by atoms with van der Waals surface area (Å²) >= 11 is 1.16. The predicted molar refractivity (Wildman–Crippen MR) is 85.4 cm³/mol. The molecule has 0 bridgehead atoms. The summed E-state index contributed by atoms with van der Waals surface area (Å²) in [5.74, 6) is -0.416. The van der Waals surface area contributed by atoms with Gasteiger partial charge < -0.3 is 15.4 Å². The number of aryl methyl sites for hydroxylation is 1. The van der Waals surface area contributed by atoms with Crippen LogP contribution in [0.4, 0.5) is 9.93 Å². The summed E-state index contributed by atoms with van der Waals surface area (Å²) in [6, 6.07) is -0.112. The van der Waals surface area contributed by atoms with E-state index in [9.17, 15) is 9.59 Å². The van der Waals surface area contributed by atoms with Gasteiger partial charge in [-0.3, -0.25) is 4.90 Å². The number of carbonyl (C=O) groups excluding carboxylic acids is 2. The van der Waals surface area contributed by atoms with Gasteiger partial charge in [0.25, 0.3) is 0 Å². The lowest BCUT2D eigenvalue weighted by molar-refractivity contribution is 0.00742. The summed E-state index contributed by atoms with van der Waals surface area (Å²) < 4.78 is 5.35. The first kappa shape index (κ1) is 16.7. The van der Waals surface area contributed by atoms with Crippen molar-refractivity contribution >= 4 is 28.5 Å². The highest BCUT2D eigenvalue weighted by atomic mass is 32.1. The second-order valence-corrected chi connectivity index (χ2v) is 7.40. The molecular weight excluding hydrogens is 304 g/mol. The van der Waals surface area contributed by atoms with Gasteiger partial charge in [-0.2, -0.15) is 0 Å². The van der Waals surface area contributed by atoms with Crippen LogP contribution in [0.1, 0.15) is 36.1 Å². The molecule has 8 heteroatoms. The average Bonchev–Trinajstić information content (AvgIpc) is 2.73. The van der Waals surface area contributed by atoms with E-state index in [1.807, 2.05) is 20.8 Å². The van der Waals surface area contributed by atoms with Crippen molar-refractivity contribution in [3.63, 3.8) is 0 Å². The molecule has 122 valence electrons. The number of amides is 2. The fourth-order valence-electron chi connectivity index (χ4n) is 2.00. The molecule has 0 spiro atoms. The predicted octanol–water partition coefficient (Wildman–Crippen LogP) is 1.61. The second-order valence-electron chi connectivity index (χ2n) is 6.42. The van der Waals surface area contributed by atoms with Crippen LogP contribution in [0.3, 0.4) is 0 Å². The van der Waals surface area contributed by atoms with Crippen molar-refractivity contribution in [2.75, 3.05) is 25.0 Å². The molecule has 2 rings (SSSR count). The summed E-state index contributed by atoms with van der Waals surface area (Å²) in [6.45, 7) is 8.26. The van der Waals surface area contributed by atoms with Crippen molar-refractivity contribution in [2.24, 2.45) is 5.73 Å². The lowest BCUT2D eigenvalue weighted by Gasteiger charge is -2.38. The van der Waals surface area contributed by atoms with Gasteiger partial charge in [0.1, 0.15) is 10.5 Å². The van der Waals surface area contributed by atoms with Crippen molar-refractivity contribution < 1.29 is 14.3 Å². The highest BCUT2D eigenvalue weighted by molar-refractivity contribution is 7.17. The molecule has 0 unspecified atom stereocenters. The minimum absolute atomic E-state index is 0.0488. The van der Waals surface area contributed by atoms with E-state index in [1.54, 1.807) is 18.9 Å². The van der Waals surface area contributed by atoms with E-state index in [4.69, 9.17) is 10.5 Å². The largest absolute Gasteiger partial charge is 0.456 e. The zero-order chi connectivity index (χ0) is 16.7. The van der Waals surface area contributed by atoms with Crippen LogP contribution in [0.5, 0.6) is 0 Å². The zero-order valence-corrected chi connectivity index (χ0v) is 14.4. The maximum Gasteiger partial charge on any atom is 0.350 e. The fraction of sp³-hybridized carbons (Fsp3) is 0.643. The molecule has 7 nitrogen and oxygen atoms in total. The first-order chi connectivity index (χ1) is 10.1. The average molecular weight is 326 g/mol. The summed E-state index contributed by atoms with van der Waals surface area (Å²) in [4.78, 5) is 32.2. The van der Waals surface area contributed by atoms with Crippen molar-refractivity contribution in [1.82, 2.24) is 9.88 Å². The number of ether oxygens (including phenoxy) is 1. The van der Waals surface area contributed by atoms with Crippen molar-refractivity contribution in [1.29, 1.82) is 0 Å². The Morgan fingerprint density at radius 3 is 2.50 bits per heavy atom. The van der Waals surface area contributed by atoms with Crippen molar-refractivity contribution in [3.8, 4) is 0 Å². The molecule has 2 heterocycles.